The predicted octanol–water partition coefficient (Wildman–Crippen LogP) is 3.44. The molecule has 0 atom stereocenters. The van der Waals surface area contributed by atoms with Crippen molar-refractivity contribution in [2.75, 3.05) is 28.3 Å². The zero-order chi connectivity index (χ0) is 19.8. The van der Waals surface area contributed by atoms with Gasteiger partial charge < -0.3 is 19.7 Å². The summed E-state index contributed by atoms with van der Waals surface area (Å²) < 4.78 is 10.7. The van der Waals surface area contributed by atoms with Crippen molar-refractivity contribution in [3.8, 4) is 11.5 Å². The summed E-state index contributed by atoms with van der Waals surface area (Å²) in [6, 6.07) is 12.2. The van der Waals surface area contributed by atoms with Gasteiger partial charge in [-0.3, -0.25) is 15.1 Å². The summed E-state index contributed by atoms with van der Waals surface area (Å²) >= 11 is 0. The van der Waals surface area contributed by atoms with Crippen LogP contribution in [0.2, 0.25) is 0 Å². The number of methoxy groups -OCH3 is 2. The maximum Gasteiger partial charge on any atom is 0.269 e. The number of hydrogen-bond acceptors (Lipinski definition) is 5. The largest absolute Gasteiger partial charge is 0.497 e. The maximum absolute atomic E-state index is 10.9. The van der Waals surface area contributed by atoms with Gasteiger partial charge in [0, 0.05) is 50.9 Å². The predicted molar refractivity (Wildman–Crippen MR) is 120 cm³/mol. The number of ether oxygens (including phenoxy) is 2. The minimum atomic E-state index is -0.402. The Morgan fingerprint density at radius 3 is 2.57 bits per heavy atom. The lowest BCUT2D eigenvalue weighted by Gasteiger charge is -2.23. The normalized spacial score (nSPS) is 10.6. The molecule has 2 aromatic rings. The summed E-state index contributed by atoms with van der Waals surface area (Å²) in [5.41, 5.74) is 1.86. The number of nitro benzene ring substituents is 1. The standard InChI is InChI=1S/C19H24N4O4.HI/c1-20-19(21-12-14-6-5-7-16(10-14)23(24)25)22(2)13-15-8-9-17(26-3)11-18(15)27-4;/h5-11H,12-13H2,1-4H3,(H,20,21);1H. The highest BCUT2D eigenvalue weighted by Gasteiger charge is 2.12. The molecule has 0 unspecified atom stereocenters. The van der Waals surface area contributed by atoms with Crippen molar-refractivity contribution < 1.29 is 14.4 Å². The minimum Gasteiger partial charge on any atom is -0.497 e. The fourth-order valence-electron chi connectivity index (χ4n) is 2.66. The number of nitrogens with zero attached hydrogens (tertiary/aromatic N) is 3. The minimum absolute atomic E-state index is 0. The van der Waals surface area contributed by atoms with Gasteiger partial charge in [-0.05, 0) is 17.7 Å². The number of halogens is 1. The van der Waals surface area contributed by atoms with Crippen molar-refractivity contribution in [3.63, 3.8) is 0 Å². The Balaban J connectivity index is 0.00000392. The number of nitro groups is 1. The first-order chi connectivity index (χ1) is 13.0. The van der Waals surface area contributed by atoms with E-state index in [1.165, 1.54) is 6.07 Å². The van der Waals surface area contributed by atoms with Crippen molar-refractivity contribution in [2.45, 2.75) is 13.1 Å². The van der Waals surface area contributed by atoms with Crippen LogP contribution in [-0.4, -0.2) is 44.1 Å². The van der Waals surface area contributed by atoms with Crippen LogP contribution >= 0.6 is 24.0 Å². The van der Waals surface area contributed by atoms with Gasteiger partial charge in [-0.2, -0.15) is 0 Å². The summed E-state index contributed by atoms with van der Waals surface area (Å²) in [6.07, 6.45) is 0. The van der Waals surface area contributed by atoms with Gasteiger partial charge in [-0.15, -0.1) is 24.0 Å². The second kappa shape index (κ2) is 11.3. The molecular formula is C19H25IN4O4. The molecule has 0 amide bonds. The fourth-order valence-corrected chi connectivity index (χ4v) is 2.66. The molecule has 0 saturated carbocycles. The summed E-state index contributed by atoms with van der Waals surface area (Å²) in [4.78, 5) is 16.7. The summed E-state index contributed by atoms with van der Waals surface area (Å²) in [5.74, 6) is 2.13. The van der Waals surface area contributed by atoms with E-state index in [0.717, 1.165) is 22.6 Å². The second-order valence-corrected chi connectivity index (χ2v) is 5.86. The van der Waals surface area contributed by atoms with Crippen molar-refractivity contribution >= 4 is 35.6 Å². The molecule has 1 N–H and O–H groups in total. The number of non-ortho nitro benzene ring substituents is 1. The zero-order valence-electron chi connectivity index (χ0n) is 16.3. The van der Waals surface area contributed by atoms with Crippen molar-refractivity contribution in [3.05, 3.63) is 63.7 Å². The Bertz CT molecular complexity index is 829. The van der Waals surface area contributed by atoms with Crippen LogP contribution in [0.4, 0.5) is 5.69 Å². The van der Waals surface area contributed by atoms with Crippen LogP contribution in [0.25, 0.3) is 0 Å². The maximum atomic E-state index is 10.9. The highest BCUT2D eigenvalue weighted by Crippen LogP contribution is 2.25. The Morgan fingerprint density at radius 1 is 1.21 bits per heavy atom. The Hall–Kier alpha value is -2.56. The Kier molecular flexibility index (Phi) is 9.49. The quantitative estimate of drug-likeness (QED) is 0.206. The van der Waals surface area contributed by atoms with Crippen LogP contribution in [0.15, 0.2) is 47.5 Å². The molecule has 0 radical (unpaired) electrons. The first kappa shape index (κ1) is 23.5. The molecule has 8 nitrogen and oxygen atoms in total. The fraction of sp³-hybridized carbons (Fsp3) is 0.316. The topological polar surface area (TPSA) is 89.2 Å². The lowest BCUT2D eigenvalue weighted by Crippen LogP contribution is -2.38. The SMILES string of the molecule is CN=C(NCc1cccc([N+](=O)[O-])c1)N(C)Cc1ccc(OC)cc1OC.I. The van der Waals surface area contributed by atoms with E-state index < -0.39 is 4.92 Å². The van der Waals surface area contributed by atoms with Gasteiger partial charge in [-0.25, -0.2) is 0 Å². The zero-order valence-corrected chi connectivity index (χ0v) is 18.7. The molecule has 152 valence electrons. The number of hydrogen-bond donors (Lipinski definition) is 1. The molecule has 2 rings (SSSR count). The molecule has 0 bridgehead atoms. The number of guanidine groups is 1. The molecule has 0 aliphatic rings. The second-order valence-electron chi connectivity index (χ2n) is 5.86. The highest BCUT2D eigenvalue weighted by atomic mass is 127. The van der Waals surface area contributed by atoms with E-state index in [0.29, 0.717) is 19.0 Å². The van der Waals surface area contributed by atoms with Gasteiger partial charge in [0.2, 0.25) is 0 Å². The van der Waals surface area contributed by atoms with E-state index in [1.54, 1.807) is 33.4 Å². The van der Waals surface area contributed by atoms with Crippen LogP contribution in [0, 0.1) is 10.1 Å². The molecule has 0 saturated heterocycles. The van der Waals surface area contributed by atoms with E-state index in [9.17, 15) is 10.1 Å². The van der Waals surface area contributed by atoms with Gasteiger partial charge in [0.15, 0.2) is 5.96 Å². The number of aliphatic imine (C=N–C) groups is 1. The van der Waals surface area contributed by atoms with E-state index in [1.807, 2.05) is 36.2 Å². The first-order valence-corrected chi connectivity index (χ1v) is 8.34. The molecule has 28 heavy (non-hydrogen) atoms. The molecule has 0 spiro atoms. The van der Waals surface area contributed by atoms with Gasteiger partial charge >= 0.3 is 0 Å². The molecule has 2 aromatic carbocycles. The van der Waals surface area contributed by atoms with E-state index in [4.69, 9.17) is 9.47 Å². The average molecular weight is 500 g/mol. The number of rotatable bonds is 7. The van der Waals surface area contributed by atoms with E-state index >= 15 is 0 Å². The molecule has 0 aliphatic carbocycles. The number of benzene rings is 2. The van der Waals surface area contributed by atoms with Gasteiger partial charge in [0.1, 0.15) is 11.5 Å². The average Bonchev–Trinajstić information content (AvgIpc) is 2.68. The van der Waals surface area contributed by atoms with Crippen LogP contribution < -0.4 is 14.8 Å². The summed E-state index contributed by atoms with van der Waals surface area (Å²) in [6.45, 7) is 1.00. The Labute approximate surface area is 181 Å². The van der Waals surface area contributed by atoms with E-state index in [2.05, 4.69) is 10.3 Å². The van der Waals surface area contributed by atoms with Crippen molar-refractivity contribution in [2.24, 2.45) is 4.99 Å². The van der Waals surface area contributed by atoms with Gasteiger partial charge in [-0.1, -0.05) is 12.1 Å². The molecule has 0 aromatic heterocycles. The third-order valence-electron chi connectivity index (χ3n) is 4.05. The van der Waals surface area contributed by atoms with E-state index in [-0.39, 0.29) is 29.7 Å². The monoisotopic (exact) mass is 500 g/mol. The van der Waals surface area contributed by atoms with Gasteiger partial charge in [0.25, 0.3) is 5.69 Å². The summed E-state index contributed by atoms with van der Waals surface area (Å²) in [5, 5.41) is 14.1. The molecular weight excluding hydrogens is 475 g/mol. The van der Waals surface area contributed by atoms with Crippen molar-refractivity contribution in [1.29, 1.82) is 0 Å². The van der Waals surface area contributed by atoms with Crippen LogP contribution in [-0.2, 0) is 13.1 Å². The molecule has 0 heterocycles. The number of nitrogens with one attached hydrogen (secondary N) is 1. The molecule has 0 fully saturated rings. The summed E-state index contributed by atoms with van der Waals surface area (Å²) in [7, 11) is 6.83. The third-order valence-corrected chi connectivity index (χ3v) is 4.05. The lowest BCUT2D eigenvalue weighted by molar-refractivity contribution is -0.384. The molecule has 9 heteroatoms. The van der Waals surface area contributed by atoms with Crippen molar-refractivity contribution in [1.82, 2.24) is 10.2 Å². The van der Waals surface area contributed by atoms with Gasteiger partial charge in [0.05, 0.1) is 19.1 Å². The molecule has 0 aliphatic heterocycles. The third kappa shape index (κ3) is 6.25. The first-order valence-electron chi connectivity index (χ1n) is 8.34. The Morgan fingerprint density at radius 2 is 1.96 bits per heavy atom. The highest BCUT2D eigenvalue weighted by molar-refractivity contribution is 14.0. The van der Waals surface area contributed by atoms with Crippen LogP contribution in [0.1, 0.15) is 11.1 Å². The van der Waals surface area contributed by atoms with Crippen LogP contribution in [0.3, 0.4) is 0 Å². The smallest absolute Gasteiger partial charge is 0.269 e. The van der Waals surface area contributed by atoms with Crippen LogP contribution in [0.5, 0.6) is 11.5 Å². The lowest BCUT2D eigenvalue weighted by atomic mass is 10.2.